The molecule has 0 aliphatic heterocycles. The van der Waals surface area contributed by atoms with Gasteiger partial charge in [-0.25, -0.2) is 27.6 Å². The summed E-state index contributed by atoms with van der Waals surface area (Å²) in [5, 5.41) is 12.2. The average Bonchev–Trinajstić information content (AvgIpc) is 3.33. The van der Waals surface area contributed by atoms with Gasteiger partial charge in [0.15, 0.2) is 21.3 Å². The van der Waals surface area contributed by atoms with Gasteiger partial charge in [0, 0.05) is 17.2 Å². The fourth-order valence-corrected chi connectivity index (χ4v) is 4.30. The number of amides is 1. The lowest BCUT2D eigenvalue weighted by Crippen LogP contribution is -2.17. The Kier molecular flexibility index (Phi) is 6.50. The molecule has 2 aromatic carbocycles. The van der Waals surface area contributed by atoms with Crippen molar-refractivity contribution in [2.24, 2.45) is 5.73 Å². The van der Waals surface area contributed by atoms with E-state index in [4.69, 9.17) is 20.3 Å². The standard InChI is InChI=1S/C24H18FN5O5S/c1-13(2)36(32,33)16-6-4-15(5-7-16)20-12-28-23(34-24(27)31)22(29-20)21-10-19(30-35-21)17-8-3-14(11-26)9-18(17)25/h3-10,12-13H,1-2H3,(H2,27,31). The zero-order valence-electron chi connectivity index (χ0n) is 19.0. The molecule has 2 N–H and O–H groups in total. The van der Waals surface area contributed by atoms with Crippen LogP contribution in [-0.4, -0.2) is 34.9 Å². The van der Waals surface area contributed by atoms with Crippen LogP contribution >= 0.6 is 0 Å². The van der Waals surface area contributed by atoms with Gasteiger partial charge in [-0.2, -0.15) is 5.26 Å². The number of halogens is 1. The quantitative estimate of drug-likeness (QED) is 0.404. The van der Waals surface area contributed by atoms with Crippen LogP contribution in [0.3, 0.4) is 0 Å². The maximum atomic E-state index is 14.4. The minimum absolute atomic E-state index is 0.00151. The van der Waals surface area contributed by atoms with E-state index in [2.05, 4.69) is 15.1 Å². The van der Waals surface area contributed by atoms with Gasteiger partial charge in [0.05, 0.1) is 33.7 Å². The van der Waals surface area contributed by atoms with Gasteiger partial charge in [-0.3, -0.25) is 0 Å². The largest absolute Gasteiger partial charge is 0.411 e. The van der Waals surface area contributed by atoms with Gasteiger partial charge in [-0.05, 0) is 44.2 Å². The van der Waals surface area contributed by atoms with Crippen LogP contribution in [0.25, 0.3) is 34.0 Å². The number of hydrogen-bond acceptors (Lipinski definition) is 9. The first kappa shape index (κ1) is 24.5. The van der Waals surface area contributed by atoms with Gasteiger partial charge in [0.25, 0.3) is 5.88 Å². The van der Waals surface area contributed by atoms with E-state index in [1.54, 1.807) is 26.0 Å². The maximum Gasteiger partial charge on any atom is 0.411 e. The molecule has 0 atom stereocenters. The van der Waals surface area contributed by atoms with Crippen LogP contribution in [0.1, 0.15) is 19.4 Å². The highest BCUT2D eigenvalue weighted by molar-refractivity contribution is 7.92. The van der Waals surface area contributed by atoms with Gasteiger partial charge in [-0.1, -0.05) is 17.3 Å². The first-order chi connectivity index (χ1) is 17.1. The van der Waals surface area contributed by atoms with Crippen molar-refractivity contribution in [2.45, 2.75) is 24.0 Å². The number of carbonyl (C=O) groups is 1. The Balaban J connectivity index is 1.76. The number of nitrogens with two attached hydrogens (primary N) is 1. The van der Waals surface area contributed by atoms with Crippen molar-refractivity contribution in [2.75, 3.05) is 0 Å². The molecule has 2 heterocycles. The van der Waals surface area contributed by atoms with Crippen LogP contribution in [0.5, 0.6) is 5.88 Å². The Hall–Kier alpha value is -4.63. The monoisotopic (exact) mass is 507 g/mol. The zero-order valence-corrected chi connectivity index (χ0v) is 19.8. The summed E-state index contributed by atoms with van der Waals surface area (Å²) in [4.78, 5) is 20.1. The summed E-state index contributed by atoms with van der Waals surface area (Å²) in [5.74, 6) is -0.953. The average molecular weight is 508 g/mol. The second-order valence-corrected chi connectivity index (χ2v) is 10.3. The molecule has 0 bridgehead atoms. The van der Waals surface area contributed by atoms with E-state index in [1.807, 2.05) is 6.07 Å². The number of sulfone groups is 1. The molecule has 0 fully saturated rings. The second-order valence-electron chi connectivity index (χ2n) is 7.83. The molecule has 4 rings (SSSR count). The Morgan fingerprint density at radius 2 is 1.86 bits per heavy atom. The first-order valence-corrected chi connectivity index (χ1v) is 12.0. The molecule has 0 spiro atoms. The SMILES string of the molecule is CC(C)S(=O)(=O)c1ccc(-c2cnc(OC(N)=O)c(-c3cc(-c4ccc(C#N)cc4F)no3)n2)cc1. The van der Waals surface area contributed by atoms with Crippen molar-refractivity contribution in [1.29, 1.82) is 5.26 Å². The fraction of sp³-hybridized carbons (Fsp3) is 0.125. The van der Waals surface area contributed by atoms with Gasteiger partial charge in [-0.15, -0.1) is 0 Å². The molecule has 0 aliphatic rings. The second kappa shape index (κ2) is 9.55. The molecule has 182 valence electrons. The highest BCUT2D eigenvalue weighted by Crippen LogP contribution is 2.33. The molecule has 36 heavy (non-hydrogen) atoms. The summed E-state index contributed by atoms with van der Waals surface area (Å²) in [7, 11) is -3.46. The Bertz CT molecular complexity index is 1610. The van der Waals surface area contributed by atoms with E-state index in [9.17, 15) is 17.6 Å². The Morgan fingerprint density at radius 1 is 1.14 bits per heavy atom. The third-order valence-corrected chi connectivity index (χ3v) is 7.32. The van der Waals surface area contributed by atoms with Gasteiger partial charge in [0.1, 0.15) is 11.5 Å². The van der Waals surface area contributed by atoms with E-state index in [1.165, 1.54) is 36.5 Å². The zero-order chi connectivity index (χ0) is 26.0. The fourth-order valence-electron chi connectivity index (χ4n) is 3.24. The molecular weight excluding hydrogens is 489 g/mol. The Labute approximate surface area is 205 Å². The van der Waals surface area contributed by atoms with Crippen molar-refractivity contribution in [3.63, 3.8) is 0 Å². The molecule has 10 nitrogen and oxygen atoms in total. The van der Waals surface area contributed by atoms with Gasteiger partial charge < -0.3 is 15.0 Å². The van der Waals surface area contributed by atoms with E-state index >= 15 is 0 Å². The number of ether oxygens (including phenoxy) is 1. The lowest BCUT2D eigenvalue weighted by Gasteiger charge is -2.09. The normalized spacial score (nSPS) is 11.3. The van der Waals surface area contributed by atoms with E-state index in [0.717, 1.165) is 6.07 Å². The molecule has 0 radical (unpaired) electrons. The predicted molar refractivity (Wildman–Crippen MR) is 126 cm³/mol. The van der Waals surface area contributed by atoms with Crippen molar-refractivity contribution in [3.8, 4) is 45.9 Å². The van der Waals surface area contributed by atoms with Crippen molar-refractivity contribution in [3.05, 3.63) is 66.1 Å². The predicted octanol–water partition coefficient (Wildman–Crippen LogP) is 4.12. The smallest absolute Gasteiger partial charge is 0.389 e. The molecule has 0 unspecified atom stereocenters. The third kappa shape index (κ3) is 4.77. The third-order valence-electron chi connectivity index (χ3n) is 5.15. The lowest BCUT2D eigenvalue weighted by atomic mass is 10.1. The van der Waals surface area contributed by atoms with Crippen molar-refractivity contribution < 1.29 is 26.9 Å². The van der Waals surface area contributed by atoms with Gasteiger partial charge >= 0.3 is 6.09 Å². The molecule has 0 saturated carbocycles. The van der Waals surface area contributed by atoms with E-state index in [-0.39, 0.29) is 39.1 Å². The summed E-state index contributed by atoms with van der Waals surface area (Å²) >= 11 is 0. The number of aromatic nitrogens is 3. The molecule has 0 aliphatic carbocycles. The number of hydrogen-bond donors (Lipinski definition) is 1. The van der Waals surface area contributed by atoms with Crippen LogP contribution in [0, 0.1) is 17.1 Å². The van der Waals surface area contributed by atoms with E-state index in [0.29, 0.717) is 11.3 Å². The van der Waals surface area contributed by atoms with Crippen LogP contribution in [0.4, 0.5) is 9.18 Å². The number of carbonyl (C=O) groups excluding carboxylic acids is 1. The van der Waals surface area contributed by atoms with Crippen LogP contribution in [0.15, 0.2) is 64.1 Å². The highest BCUT2D eigenvalue weighted by Gasteiger charge is 2.22. The van der Waals surface area contributed by atoms with Crippen LogP contribution < -0.4 is 10.5 Å². The molecule has 12 heteroatoms. The summed E-state index contributed by atoms with van der Waals surface area (Å²) < 4.78 is 49.5. The summed E-state index contributed by atoms with van der Waals surface area (Å²) in [6, 6.07) is 13.1. The highest BCUT2D eigenvalue weighted by atomic mass is 32.2. The van der Waals surface area contributed by atoms with Gasteiger partial charge in [0.2, 0.25) is 0 Å². The molecule has 0 saturated heterocycles. The first-order valence-electron chi connectivity index (χ1n) is 10.5. The van der Waals surface area contributed by atoms with E-state index < -0.39 is 27.0 Å². The topological polar surface area (TPSA) is 162 Å². The maximum absolute atomic E-state index is 14.4. The summed E-state index contributed by atoms with van der Waals surface area (Å²) in [6.45, 7) is 3.18. The molecular formula is C24H18FN5O5S. The van der Waals surface area contributed by atoms with Crippen LogP contribution in [0.2, 0.25) is 0 Å². The Morgan fingerprint density at radius 3 is 2.47 bits per heavy atom. The number of primary amides is 1. The lowest BCUT2D eigenvalue weighted by molar-refractivity contribution is 0.209. The van der Waals surface area contributed by atoms with Crippen molar-refractivity contribution in [1.82, 2.24) is 15.1 Å². The molecule has 4 aromatic rings. The molecule has 1 amide bonds. The summed E-state index contributed by atoms with van der Waals surface area (Å²) in [6.07, 6.45) is 0.171. The number of rotatable bonds is 6. The summed E-state index contributed by atoms with van der Waals surface area (Å²) in [5.41, 5.74) is 6.24. The minimum atomic E-state index is -3.46. The number of nitriles is 1. The van der Waals surface area contributed by atoms with Crippen LogP contribution in [-0.2, 0) is 9.84 Å². The molecule has 2 aromatic heterocycles. The minimum Gasteiger partial charge on any atom is -0.389 e. The number of benzene rings is 2. The van der Waals surface area contributed by atoms with Crippen molar-refractivity contribution >= 4 is 15.9 Å². The number of nitrogens with zero attached hydrogens (tertiary/aromatic N) is 4.